The van der Waals surface area contributed by atoms with Crippen molar-refractivity contribution >= 4 is 17.7 Å². The van der Waals surface area contributed by atoms with Gasteiger partial charge in [-0.3, -0.25) is 4.79 Å². The Morgan fingerprint density at radius 1 is 1.32 bits per heavy atom. The van der Waals surface area contributed by atoms with E-state index in [2.05, 4.69) is 5.32 Å². The molecule has 0 bridgehead atoms. The third kappa shape index (κ3) is 5.09. The monoisotopic (exact) mass is 350 g/mol. The number of nitrogens with one attached hydrogen (secondary N) is 1. The molecule has 0 aliphatic carbocycles. The Hall–Kier alpha value is -2.28. The summed E-state index contributed by atoms with van der Waals surface area (Å²) in [5.74, 6) is -1.72. The van der Waals surface area contributed by atoms with Crippen LogP contribution in [0.3, 0.4) is 0 Å². The number of aliphatic hydroxyl groups is 1. The first-order chi connectivity index (χ1) is 11.7. The van der Waals surface area contributed by atoms with E-state index in [0.29, 0.717) is 24.2 Å². The molecule has 1 aromatic rings. The topological polar surface area (TPSA) is 99.1 Å². The summed E-state index contributed by atoms with van der Waals surface area (Å²) in [7, 11) is 0. The van der Waals surface area contributed by atoms with Crippen molar-refractivity contribution in [3.63, 3.8) is 0 Å². The van der Waals surface area contributed by atoms with Gasteiger partial charge in [-0.15, -0.1) is 0 Å². The molecule has 1 aliphatic heterocycles. The number of carboxylic acids is 1. The van der Waals surface area contributed by atoms with E-state index in [9.17, 15) is 19.8 Å². The third-order valence-electron chi connectivity index (χ3n) is 4.11. The van der Waals surface area contributed by atoms with Gasteiger partial charge in [-0.05, 0) is 33.3 Å². The van der Waals surface area contributed by atoms with Gasteiger partial charge in [0, 0.05) is 30.4 Å². The number of ether oxygens (including phenoxy) is 1. The van der Waals surface area contributed by atoms with Crippen molar-refractivity contribution in [3.05, 3.63) is 29.8 Å². The van der Waals surface area contributed by atoms with E-state index in [4.69, 9.17) is 4.74 Å². The molecule has 7 heteroatoms. The maximum Gasteiger partial charge on any atom is 0.410 e. The largest absolute Gasteiger partial charge is 0.481 e. The molecule has 1 heterocycles. The Kier molecular flexibility index (Phi) is 5.89. The van der Waals surface area contributed by atoms with Gasteiger partial charge in [0.15, 0.2) is 0 Å². The number of benzene rings is 1. The Morgan fingerprint density at radius 3 is 2.60 bits per heavy atom. The molecule has 138 valence electrons. The van der Waals surface area contributed by atoms with E-state index in [0.717, 1.165) is 0 Å². The van der Waals surface area contributed by atoms with Gasteiger partial charge in [0.25, 0.3) is 0 Å². The maximum atomic E-state index is 12.2. The van der Waals surface area contributed by atoms with Crippen LogP contribution in [0.2, 0.25) is 0 Å². The molecule has 1 amide bonds. The van der Waals surface area contributed by atoms with Crippen molar-refractivity contribution < 1.29 is 24.5 Å². The lowest BCUT2D eigenvalue weighted by Crippen LogP contribution is -2.52. The number of carbonyl (C=O) groups excluding carboxylic acids is 1. The number of hydrogen-bond donors (Lipinski definition) is 3. The predicted octanol–water partition coefficient (Wildman–Crippen LogP) is 2.30. The highest BCUT2D eigenvalue weighted by Crippen LogP contribution is 2.25. The molecule has 2 rings (SSSR count). The normalized spacial score (nSPS) is 20.9. The minimum Gasteiger partial charge on any atom is -0.481 e. The van der Waals surface area contributed by atoms with Gasteiger partial charge in [0.05, 0.1) is 12.5 Å². The molecule has 2 unspecified atom stereocenters. The summed E-state index contributed by atoms with van der Waals surface area (Å²) in [5, 5.41) is 22.2. The number of aliphatic carboxylic acids is 1. The Balaban J connectivity index is 2.09. The van der Waals surface area contributed by atoms with Crippen LogP contribution in [-0.4, -0.2) is 51.9 Å². The highest BCUT2D eigenvalue weighted by molar-refractivity contribution is 5.75. The fourth-order valence-corrected chi connectivity index (χ4v) is 2.87. The molecule has 1 saturated heterocycles. The molecule has 0 radical (unpaired) electrons. The minimum atomic E-state index is -0.966. The summed E-state index contributed by atoms with van der Waals surface area (Å²) < 4.78 is 5.34. The number of aliphatic hydroxyl groups excluding tert-OH is 1. The zero-order valence-electron chi connectivity index (χ0n) is 14.9. The van der Waals surface area contributed by atoms with Crippen LogP contribution in [0.4, 0.5) is 10.5 Å². The molecule has 1 aliphatic rings. The van der Waals surface area contributed by atoms with Crippen molar-refractivity contribution in [1.82, 2.24) is 4.90 Å². The summed E-state index contributed by atoms with van der Waals surface area (Å²) in [6, 6.07) is 6.91. The van der Waals surface area contributed by atoms with Gasteiger partial charge < -0.3 is 25.2 Å². The van der Waals surface area contributed by atoms with Crippen LogP contribution in [0.25, 0.3) is 0 Å². The fourth-order valence-electron chi connectivity index (χ4n) is 2.87. The predicted molar refractivity (Wildman–Crippen MR) is 93.3 cm³/mol. The van der Waals surface area contributed by atoms with Crippen LogP contribution in [0.5, 0.6) is 0 Å². The summed E-state index contributed by atoms with van der Waals surface area (Å²) in [6.45, 7) is 5.71. The van der Waals surface area contributed by atoms with Crippen LogP contribution in [-0.2, 0) is 16.1 Å². The number of nitrogens with zero attached hydrogens (tertiary/aromatic N) is 1. The molecular weight excluding hydrogens is 324 g/mol. The van der Waals surface area contributed by atoms with Gasteiger partial charge in [-0.1, -0.05) is 18.2 Å². The van der Waals surface area contributed by atoms with Crippen molar-refractivity contribution in [2.45, 2.75) is 45.4 Å². The smallest absolute Gasteiger partial charge is 0.410 e. The second-order valence-electron chi connectivity index (χ2n) is 7.23. The zero-order valence-corrected chi connectivity index (χ0v) is 14.9. The fraction of sp³-hybridized carbons (Fsp3) is 0.556. The summed E-state index contributed by atoms with van der Waals surface area (Å²) in [5.41, 5.74) is 0.804. The van der Waals surface area contributed by atoms with Crippen LogP contribution in [0.1, 0.15) is 32.8 Å². The number of piperidine rings is 1. The molecule has 0 aromatic heterocycles. The second-order valence-corrected chi connectivity index (χ2v) is 7.23. The van der Waals surface area contributed by atoms with Gasteiger partial charge in [0.2, 0.25) is 0 Å². The van der Waals surface area contributed by atoms with Crippen molar-refractivity contribution in [2.75, 3.05) is 18.4 Å². The molecule has 25 heavy (non-hydrogen) atoms. The molecule has 3 N–H and O–H groups in total. The van der Waals surface area contributed by atoms with Gasteiger partial charge in [-0.25, -0.2) is 4.79 Å². The van der Waals surface area contributed by atoms with Crippen LogP contribution >= 0.6 is 0 Å². The van der Waals surface area contributed by atoms with Crippen molar-refractivity contribution in [3.8, 4) is 0 Å². The van der Waals surface area contributed by atoms with E-state index in [1.54, 1.807) is 26.8 Å². The van der Waals surface area contributed by atoms with E-state index in [1.807, 2.05) is 18.2 Å². The summed E-state index contributed by atoms with van der Waals surface area (Å²) >= 11 is 0. The van der Waals surface area contributed by atoms with E-state index < -0.39 is 23.6 Å². The lowest BCUT2D eigenvalue weighted by molar-refractivity contribution is -0.143. The van der Waals surface area contributed by atoms with Crippen LogP contribution < -0.4 is 5.32 Å². The molecule has 1 fully saturated rings. The van der Waals surface area contributed by atoms with E-state index in [-0.39, 0.29) is 19.2 Å². The summed E-state index contributed by atoms with van der Waals surface area (Å²) in [4.78, 5) is 25.3. The molecule has 1 aromatic carbocycles. The summed E-state index contributed by atoms with van der Waals surface area (Å²) in [6.07, 6.45) is -0.0105. The number of rotatable bonds is 4. The average molecular weight is 350 g/mol. The number of likely N-dealkylation sites (tertiary alicyclic amines) is 1. The number of carboxylic acid groups (broad SMARTS) is 1. The number of hydrogen-bond acceptors (Lipinski definition) is 5. The molecule has 0 saturated carbocycles. The number of anilines is 1. The number of amides is 1. The zero-order chi connectivity index (χ0) is 18.6. The first-order valence-electron chi connectivity index (χ1n) is 8.37. The average Bonchev–Trinajstić information content (AvgIpc) is 2.53. The Labute approximate surface area is 147 Å². The van der Waals surface area contributed by atoms with Gasteiger partial charge in [-0.2, -0.15) is 0 Å². The molecular formula is C18H26N2O5. The highest BCUT2D eigenvalue weighted by Gasteiger charge is 2.37. The third-order valence-corrected chi connectivity index (χ3v) is 4.11. The first-order valence-corrected chi connectivity index (χ1v) is 8.37. The lowest BCUT2D eigenvalue weighted by Gasteiger charge is -2.38. The SMILES string of the molecule is CC(C)(C)OC(=O)N1CCC(Nc2ccccc2CO)C(C(=O)O)C1. The minimum absolute atomic E-state index is 0.0865. The first kappa shape index (κ1) is 19.1. The van der Waals surface area contributed by atoms with Crippen molar-refractivity contribution in [2.24, 2.45) is 5.92 Å². The number of para-hydroxylation sites is 1. The maximum absolute atomic E-state index is 12.2. The molecule has 7 nitrogen and oxygen atoms in total. The van der Waals surface area contributed by atoms with Gasteiger partial charge >= 0.3 is 12.1 Å². The Bertz CT molecular complexity index is 626. The van der Waals surface area contributed by atoms with Crippen LogP contribution in [0, 0.1) is 5.92 Å². The molecule has 2 atom stereocenters. The second kappa shape index (κ2) is 7.74. The molecule has 0 spiro atoms. The van der Waals surface area contributed by atoms with Crippen LogP contribution in [0.15, 0.2) is 24.3 Å². The lowest BCUT2D eigenvalue weighted by atomic mass is 9.91. The van der Waals surface area contributed by atoms with E-state index in [1.165, 1.54) is 4.90 Å². The van der Waals surface area contributed by atoms with Gasteiger partial charge in [0.1, 0.15) is 5.60 Å². The van der Waals surface area contributed by atoms with Crippen molar-refractivity contribution in [1.29, 1.82) is 0 Å². The highest BCUT2D eigenvalue weighted by atomic mass is 16.6. The standard InChI is InChI=1S/C18H26N2O5/c1-18(2,3)25-17(24)20-9-8-15(13(10-20)16(22)23)19-14-7-5-4-6-12(14)11-21/h4-7,13,15,19,21H,8-11H2,1-3H3,(H,22,23). The number of carbonyl (C=O) groups is 2. The van der Waals surface area contributed by atoms with E-state index >= 15 is 0 Å². The quantitative estimate of drug-likeness (QED) is 0.771. The Morgan fingerprint density at radius 2 is 2.00 bits per heavy atom.